The first-order chi connectivity index (χ1) is 7.86. The van der Waals surface area contributed by atoms with Crippen LogP contribution in [0, 0.1) is 0 Å². The molecule has 0 bridgehead atoms. The zero-order valence-electron chi connectivity index (χ0n) is 8.98. The van der Waals surface area contributed by atoms with Crippen LogP contribution >= 0.6 is 0 Å². The first-order valence-corrected chi connectivity index (χ1v) is 5.72. The number of aldehydes is 1. The van der Waals surface area contributed by atoms with Crippen LogP contribution in [0.5, 0.6) is 0 Å². The van der Waals surface area contributed by atoms with Crippen molar-refractivity contribution in [3.8, 4) is 0 Å². The van der Waals surface area contributed by atoms with Gasteiger partial charge >= 0.3 is 0 Å². The molecule has 0 N–H and O–H groups in total. The molecule has 0 amide bonds. The van der Waals surface area contributed by atoms with Crippen molar-refractivity contribution in [2.45, 2.75) is 31.6 Å². The molecule has 0 atom stereocenters. The average molecular weight is 215 g/mol. The number of hydrogen-bond donors (Lipinski definition) is 0. The molecule has 82 valence electrons. The van der Waals surface area contributed by atoms with Crippen molar-refractivity contribution < 1.29 is 9.21 Å². The molecule has 1 aliphatic carbocycles. The van der Waals surface area contributed by atoms with Gasteiger partial charge in [0, 0.05) is 11.5 Å². The predicted molar refractivity (Wildman–Crippen MR) is 60.6 cm³/mol. The van der Waals surface area contributed by atoms with Gasteiger partial charge in [0.25, 0.3) is 0 Å². The predicted octanol–water partition coefficient (Wildman–Crippen LogP) is 3.30. The summed E-state index contributed by atoms with van der Waals surface area (Å²) in [7, 11) is 0. The smallest absolute Gasteiger partial charge is 0.198 e. The normalized spacial score (nSPS) is 17.0. The SMILES string of the molecule is O=Cc1ccc2oc(C3CCCC3)nc2c1. The molecule has 3 heteroatoms. The molecule has 0 spiro atoms. The summed E-state index contributed by atoms with van der Waals surface area (Å²) in [4.78, 5) is 15.1. The summed E-state index contributed by atoms with van der Waals surface area (Å²) in [6.45, 7) is 0. The van der Waals surface area contributed by atoms with E-state index in [0.717, 1.165) is 23.3 Å². The Morgan fingerprint density at radius 1 is 1.31 bits per heavy atom. The van der Waals surface area contributed by atoms with Crippen LogP contribution in [-0.4, -0.2) is 11.3 Å². The van der Waals surface area contributed by atoms with Gasteiger partial charge in [0.05, 0.1) is 0 Å². The maximum absolute atomic E-state index is 10.7. The fourth-order valence-electron chi connectivity index (χ4n) is 2.38. The molecule has 16 heavy (non-hydrogen) atoms. The molecular formula is C13H13NO2. The maximum Gasteiger partial charge on any atom is 0.198 e. The van der Waals surface area contributed by atoms with Gasteiger partial charge in [0.1, 0.15) is 11.8 Å². The van der Waals surface area contributed by atoms with Gasteiger partial charge in [0.15, 0.2) is 11.5 Å². The lowest BCUT2D eigenvalue weighted by molar-refractivity contribution is 0.112. The Morgan fingerprint density at radius 3 is 2.88 bits per heavy atom. The molecule has 0 unspecified atom stereocenters. The number of carbonyl (C=O) groups excluding carboxylic acids is 1. The molecule has 0 aliphatic heterocycles. The molecule has 1 saturated carbocycles. The van der Waals surface area contributed by atoms with Crippen molar-refractivity contribution in [1.29, 1.82) is 0 Å². The lowest BCUT2D eigenvalue weighted by Crippen LogP contribution is -1.90. The molecule has 0 radical (unpaired) electrons. The Balaban J connectivity index is 2.04. The van der Waals surface area contributed by atoms with Crippen LogP contribution in [0.1, 0.15) is 47.8 Å². The summed E-state index contributed by atoms with van der Waals surface area (Å²) in [6, 6.07) is 5.37. The molecule has 0 saturated heterocycles. The highest BCUT2D eigenvalue weighted by Gasteiger charge is 2.22. The van der Waals surface area contributed by atoms with Crippen LogP contribution in [0.2, 0.25) is 0 Å². The molecule has 1 fully saturated rings. The first kappa shape index (κ1) is 9.58. The summed E-state index contributed by atoms with van der Waals surface area (Å²) in [5, 5.41) is 0. The monoisotopic (exact) mass is 215 g/mol. The number of carbonyl (C=O) groups is 1. The van der Waals surface area contributed by atoms with Gasteiger partial charge in [-0.05, 0) is 31.0 Å². The van der Waals surface area contributed by atoms with Crippen LogP contribution < -0.4 is 0 Å². The first-order valence-electron chi connectivity index (χ1n) is 5.72. The van der Waals surface area contributed by atoms with Crippen molar-refractivity contribution >= 4 is 17.4 Å². The van der Waals surface area contributed by atoms with E-state index in [0.29, 0.717) is 11.5 Å². The number of aromatic nitrogens is 1. The van der Waals surface area contributed by atoms with Gasteiger partial charge in [-0.15, -0.1) is 0 Å². The van der Waals surface area contributed by atoms with E-state index < -0.39 is 0 Å². The maximum atomic E-state index is 10.7. The van der Waals surface area contributed by atoms with Crippen molar-refractivity contribution in [2.75, 3.05) is 0 Å². The number of nitrogens with zero attached hydrogens (tertiary/aromatic N) is 1. The average Bonchev–Trinajstić information content (AvgIpc) is 2.96. The fourth-order valence-corrected chi connectivity index (χ4v) is 2.38. The van der Waals surface area contributed by atoms with E-state index in [-0.39, 0.29) is 0 Å². The highest BCUT2D eigenvalue weighted by molar-refractivity contribution is 5.83. The van der Waals surface area contributed by atoms with Crippen LogP contribution in [0.25, 0.3) is 11.1 Å². The fraction of sp³-hybridized carbons (Fsp3) is 0.385. The molecule has 1 heterocycles. The number of benzene rings is 1. The largest absolute Gasteiger partial charge is 0.440 e. The second-order valence-corrected chi connectivity index (χ2v) is 4.38. The number of rotatable bonds is 2. The van der Waals surface area contributed by atoms with Gasteiger partial charge in [-0.25, -0.2) is 4.98 Å². The summed E-state index contributed by atoms with van der Waals surface area (Å²) < 4.78 is 5.72. The summed E-state index contributed by atoms with van der Waals surface area (Å²) in [6.07, 6.45) is 5.72. The van der Waals surface area contributed by atoms with Gasteiger partial charge in [-0.3, -0.25) is 4.79 Å². The minimum Gasteiger partial charge on any atom is -0.440 e. The second kappa shape index (κ2) is 3.74. The lowest BCUT2D eigenvalue weighted by Gasteiger charge is -2.00. The zero-order chi connectivity index (χ0) is 11.0. The summed E-state index contributed by atoms with van der Waals surface area (Å²) >= 11 is 0. The number of hydrogen-bond acceptors (Lipinski definition) is 3. The van der Waals surface area contributed by atoms with Gasteiger partial charge in [-0.2, -0.15) is 0 Å². The third kappa shape index (κ3) is 1.52. The number of oxazole rings is 1. The molecule has 3 nitrogen and oxygen atoms in total. The highest BCUT2D eigenvalue weighted by Crippen LogP contribution is 2.34. The Labute approximate surface area is 93.5 Å². The van der Waals surface area contributed by atoms with E-state index >= 15 is 0 Å². The molecule has 2 aromatic rings. The Morgan fingerprint density at radius 2 is 2.12 bits per heavy atom. The molecular weight excluding hydrogens is 202 g/mol. The van der Waals surface area contributed by atoms with Gasteiger partial charge in [0.2, 0.25) is 0 Å². The van der Waals surface area contributed by atoms with Crippen LogP contribution in [-0.2, 0) is 0 Å². The number of fused-ring (bicyclic) bond motifs is 1. The molecule has 1 aromatic heterocycles. The second-order valence-electron chi connectivity index (χ2n) is 4.38. The van der Waals surface area contributed by atoms with E-state index in [4.69, 9.17) is 4.42 Å². The zero-order valence-corrected chi connectivity index (χ0v) is 8.98. The Hall–Kier alpha value is -1.64. The van der Waals surface area contributed by atoms with Crippen molar-refractivity contribution in [1.82, 2.24) is 4.98 Å². The van der Waals surface area contributed by atoms with Crippen molar-refractivity contribution in [2.24, 2.45) is 0 Å². The van der Waals surface area contributed by atoms with E-state index in [1.54, 1.807) is 12.1 Å². The van der Waals surface area contributed by atoms with Crippen molar-refractivity contribution in [3.05, 3.63) is 29.7 Å². The molecule has 1 aromatic carbocycles. The summed E-state index contributed by atoms with van der Waals surface area (Å²) in [5.41, 5.74) is 2.23. The summed E-state index contributed by atoms with van der Waals surface area (Å²) in [5.74, 6) is 1.32. The van der Waals surface area contributed by atoms with Crippen molar-refractivity contribution in [3.63, 3.8) is 0 Å². The van der Waals surface area contributed by atoms with Gasteiger partial charge < -0.3 is 4.42 Å². The Bertz CT molecular complexity index is 524. The van der Waals surface area contributed by atoms with Gasteiger partial charge in [-0.1, -0.05) is 12.8 Å². The van der Waals surface area contributed by atoms with Crippen LogP contribution in [0.4, 0.5) is 0 Å². The third-order valence-corrected chi connectivity index (χ3v) is 3.27. The van der Waals surface area contributed by atoms with Crippen LogP contribution in [0.15, 0.2) is 22.6 Å². The van der Waals surface area contributed by atoms with E-state index in [1.807, 2.05) is 6.07 Å². The van der Waals surface area contributed by atoms with Crippen LogP contribution in [0.3, 0.4) is 0 Å². The minimum absolute atomic E-state index is 0.479. The van der Waals surface area contributed by atoms with E-state index in [9.17, 15) is 4.79 Å². The standard InChI is InChI=1S/C13H13NO2/c15-8-9-5-6-12-11(7-9)14-13(16-12)10-3-1-2-4-10/h5-8,10H,1-4H2. The topological polar surface area (TPSA) is 43.1 Å². The highest BCUT2D eigenvalue weighted by atomic mass is 16.3. The Kier molecular flexibility index (Phi) is 2.24. The minimum atomic E-state index is 0.479. The lowest BCUT2D eigenvalue weighted by atomic mass is 10.1. The molecule has 1 aliphatic rings. The van der Waals surface area contributed by atoms with E-state index in [1.165, 1.54) is 25.7 Å². The van der Waals surface area contributed by atoms with E-state index in [2.05, 4.69) is 4.98 Å². The molecule has 3 rings (SSSR count). The quantitative estimate of drug-likeness (QED) is 0.722. The third-order valence-electron chi connectivity index (χ3n) is 3.27.